The molecule has 3 N–H and O–H groups in total. The average molecular weight is 300 g/mol. The van der Waals surface area contributed by atoms with Gasteiger partial charge in [-0.1, -0.05) is 24.3 Å². The summed E-state index contributed by atoms with van der Waals surface area (Å²) in [7, 11) is 0. The van der Waals surface area contributed by atoms with Gasteiger partial charge in [-0.2, -0.15) is 0 Å². The van der Waals surface area contributed by atoms with E-state index < -0.39 is 0 Å². The SMILES string of the molecule is CCOc1cc(C(=O)NN)ccc1OCc1ccccc1C. The van der Waals surface area contributed by atoms with Crippen LogP contribution in [0.25, 0.3) is 0 Å². The molecule has 5 nitrogen and oxygen atoms in total. The highest BCUT2D eigenvalue weighted by Crippen LogP contribution is 2.29. The monoisotopic (exact) mass is 300 g/mol. The highest BCUT2D eigenvalue weighted by atomic mass is 16.5. The maximum Gasteiger partial charge on any atom is 0.265 e. The van der Waals surface area contributed by atoms with Crippen LogP contribution in [0.15, 0.2) is 42.5 Å². The van der Waals surface area contributed by atoms with Gasteiger partial charge in [0.25, 0.3) is 5.91 Å². The molecule has 0 bridgehead atoms. The maximum absolute atomic E-state index is 11.6. The lowest BCUT2D eigenvalue weighted by Crippen LogP contribution is -2.29. The number of nitrogen functional groups attached to an aromatic ring is 1. The van der Waals surface area contributed by atoms with E-state index in [9.17, 15) is 4.79 Å². The zero-order valence-corrected chi connectivity index (χ0v) is 12.8. The number of aryl methyl sites for hydroxylation is 1. The number of rotatable bonds is 6. The minimum atomic E-state index is -0.369. The first-order chi connectivity index (χ1) is 10.7. The van der Waals surface area contributed by atoms with E-state index >= 15 is 0 Å². The van der Waals surface area contributed by atoms with Gasteiger partial charge in [-0.15, -0.1) is 0 Å². The van der Waals surface area contributed by atoms with Gasteiger partial charge in [0, 0.05) is 5.56 Å². The van der Waals surface area contributed by atoms with E-state index in [1.165, 1.54) is 5.56 Å². The maximum atomic E-state index is 11.6. The van der Waals surface area contributed by atoms with E-state index in [0.717, 1.165) is 5.56 Å². The van der Waals surface area contributed by atoms with Crippen molar-refractivity contribution in [2.24, 2.45) is 5.84 Å². The molecule has 0 heterocycles. The predicted octanol–water partition coefficient (Wildman–Crippen LogP) is 2.58. The van der Waals surface area contributed by atoms with Gasteiger partial charge in [0.05, 0.1) is 6.61 Å². The van der Waals surface area contributed by atoms with Crippen LogP contribution in [0.2, 0.25) is 0 Å². The molecule has 0 aliphatic heterocycles. The summed E-state index contributed by atoms with van der Waals surface area (Å²) in [5, 5.41) is 0. The third-order valence-corrected chi connectivity index (χ3v) is 3.28. The third kappa shape index (κ3) is 3.77. The van der Waals surface area contributed by atoms with Gasteiger partial charge >= 0.3 is 0 Å². The predicted molar refractivity (Wildman–Crippen MR) is 84.8 cm³/mol. The third-order valence-electron chi connectivity index (χ3n) is 3.28. The lowest BCUT2D eigenvalue weighted by molar-refractivity contribution is 0.0953. The van der Waals surface area contributed by atoms with Gasteiger partial charge < -0.3 is 9.47 Å². The van der Waals surface area contributed by atoms with Crippen molar-refractivity contribution in [3.05, 3.63) is 59.2 Å². The molecule has 0 spiro atoms. The molecular weight excluding hydrogens is 280 g/mol. The number of hydrogen-bond acceptors (Lipinski definition) is 4. The summed E-state index contributed by atoms with van der Waals surface area (Å²) >= 11 is 0. The number of hydrazine groups is 1. The van der Waals surface area contributed by atoms with Crippen LogP contribution in [0, 0.1) is 6.92 Å². The van der Waals surface area contributed by atoms with Gasteiger partial charge in [-0.25, -0.2) is 5.84 Å². The molecule has 2 rings (SSSR count). The fourth-order valence-electron chi connectivity index (χ4n) is 2.05. The minimum Gasteiger partial charge on any atom is -0.490 e. The van der Waals surface area contributed by atoms with Crippen molar-refractivity contribution in [2.45, 2.75) is 20.5 Å². The van der Waals surface area contributed by atoms with Crippen molar-refractivity contribution >= 4 is 5.91 Å². The molecule has 0 radical (unpaired) electrons. The zero-order valence-electron chi connectivity index (χ0n) is 12.8. The zero-order chi connectivity index (χ0) is 15.9. The number of nitrogens with one attached hydrogen (secondary N) is 1. The molecule has 0 unspecified atom stereocenters. The molecule has 1 amide bonds. The van der Waals surface area contributed by atoms with Crippen LogP contribution >= 0.6 is 0 Å². The molecule has 0 saturated carbocycles. The van der Waals surface area contributed by atoms with E-state index in [1.54, 1.807) is 18.2 Å². The largest absolute Gasteiger partial charge is 0.490 e. The van der Waals surface area contributed by atoms with Gasteiger partial charge in [0.2, 0.25) is 0 Å². The number of carbonyl (C=O) groups is 1. The van der Waals surface area contributed by atoms with Crippen LogP contribution in [-0.4, -0.2) is 12.5 Å². The van der Waals surface area contributed by atoms with Crippen molar-refractivity contribution in [1.82, 2.24) is 5.43 Å². The van der Waals surface area contributed by atoms with E-state index in [-0.39, 0.29) is 5.91 Å². The summed E-state index contributed by atoms with van der Waals surface area (Å²) in [6.45, 7) is 4.83. The Bertz CT molecular complexity index is 656. The molecular formula is C17H20N2O3. The quantitative estimate of drug-likeness (QED) is 0.488. The van der Waals surface area contributed by atoms with Gasteiger partial charge in [-0.3, -0.25) is 10.2 Å². The van der Waals surface area contributed by atoms with Crippen molar-refractivity contribution in [3.8, 4) is 11.5 Å². The van der Waals surface area contributed by atoms with Crippen LogP contribution < -0.4 is 20.7 Å². The number of amides is 1. The van der Waals surface area contributed by atoms with Gasteiger partial charge in [0.15, 0.2) is 11.5 Å². The van der Waals surface area contributed by atoms with Crippen LogP contribution in [0.3, 0.4) is 0 Å². The number of ether oxygens (including phenoxy) is 2. The smallest absolute Gasteiger partial charge is 0.265 e. The first-order valence-electron chi connectivity index (χ1n) is 7.10. The highest BCUT2D eigenvalue weighted by molar-refractivity contribution is 5.94. The molecule has 0 aliphatic carbocycles. The Hall–Kier alpha value is -2.53. The molecule has 116 valence electrons. The normalized spacial score (nSPS) is 10.1. The summed E-state index contributed by atoms with van der Waals surface area (Å²) in [4.78, 5) is 11.6. The molecule has 0 atom stereocenters. The molecule has 0 aliphatic rings. The summed E-state index contributed by atoms with van der Waals surface area (Å²) < 4.78 is 11.4. The molecule has 22 heavy (non-hydrogen) atoms. The van der Waals surface area contributed by atoms with Gasteiger partial charge in [-0.05, 0) is 43.2 Å². The Balaban J connectivity index is 2.19. The van der Waals surface area contributed by atoms with Crippen molar-refractivity contribution in [1.29, 1.82) is 0 Å². The van der Waals surface area contributed by atoms with Crippen molar-refractivity contribution < 1.29 is 14.3 Å². The lowest BCUT2D eigenvalue weighted by atomic mass is 10.1. The number of nitrogens with two attached hydrogens (primary N) is 1. The second-order valence-corrected chi connectivity index (χ2v) is 4.78. The highest BCUT2D eigenvalue weighted by Gasteiger charge is 2.11. The topological polar surface area (TPSA) is 73.6 Å². The van der Waals surface area contributed by atoms with E-state index in [2.05, 4.69) is 5.43 Å². The Morgan fingerprint density at radius 3 is 2.59 bits per heavy atom. The molecule has 0 fully saturated rings. The number of carbonyl (C=O) groups excluding carboxylic acids is 1. The Morgan fingerprint density at radius 2 is 1.91 bits per heavy atom. The second kappa shape index (κ2) is 7.47. The lowest BCUT2D eigenvalue weighted by Gasteiger charge is -2.14. The Labute approximate surface area is 130 Å². The molecule has 0 saturated heterocycles. The van der Waals surface area contributed by atoms with Crippen molar-refractivity contribution in [3.63, 3.8) is 0 Å². The van der Waals surface area contributed by atoms with E-state index in [4.69, 9.17) is 15.3 Å². The Kier molecular flexibility index (Phi) is 5.38. The summed E-state index contributed by atoms with van der Waals surface area (Å²) in [5.41, 5.74) is 4.80. The minimum absolute atomic E-state index is 0.369. The molecule has 2 aromatic rings. The molecule has 2 aromatic carbocycles. The fraction of sp³-hybridized carbons (Fsp3) is 0.235. The summed E-state index contributed by atoms with van der Waals surface area (Å²) in [5.74, 6) is 5.90. The number of benzene rings is 2. The average Bonchev–Trinajstić information content (AvgIpc) is 2.54. The summed E-state index contributed by atoms with van der Waals surface area (Å²) in [6, 6.07) is 13.0. The van der Waals surface area contributed by atoms with E-state index in [0.29, 0.717) is 30.3 Å². The van der Waals surface area contributed by atoms with Crippen LogP contribution in [0.5, 0.6) is 11.5 Å². The van der Waals surface area contributed by atoms with Crippen LogP contribution in [-0.2, 0) is 6.61 Å². The summed E-state index contributed by atoms with van der Waals surface area (Å²) in [6.07, 6.45) is 0. The first kappa shape index (κ1) is 15.9. The number of hydrogen-bond donors (Lipinski definition) is 2. The van der Waals surface area contributed by atoms with E-state index in [1.807, 2.05) is 38.1 Å². The second-order valence-electron chi connectivity index (χ2n) is 4.78. The molecule has 0 aromatic heterocycles. The Morgan fingerprint density at radius 1 is 1.14 bits per heavy atom. The fourth-order valence-corrected chi connectivity index (χ4v) is 2.05. The van der Waals surface area contributed by atoms with Crippen LogP contribution in [0.1, 0.15) is 28.4 Å². The van der Waals surface area contributed by atoms with Crippen LogP contribution in [0.4, 0.5) is 0 Å². The van der Waals surface area contributed by atoms with Gasteiger partial charge in [0.1, 0.15) is 6.61 Å². The molecule has 5 heteroatoms. The first-order valence-corrected chi connectivity index (χ1v) is 7.10. The van der Waals surface area contributed by atoms with Crippen molar-refractivity contribution in [2.75, 3.05) is 6.61 Å². The standard InChI is InChI=1S/C17H20N2O3/c1-3-21-16-10-13(17(20)19-18)8-9-15(16)22-11-14-7-5-4-6-12(14)2/h4-10H,3,11,18H2,1-2H3,(H,19,20).